The number of esters is 1. The maximum Gasteiger partial charge on any atom is 0.338 e. The van der Waals surface area contributed by atoms with E-state index in [1.807, 2.05) is 38.1 Å². The molecule has 0 fully saturated rings. The van der Waals surface area contributed by atoms with Crippen molar-refractivity contribution in [3.8, 4) is 17.2 Å². The zero-order valence-corrected chi connectivity index (χ0v) is 15.6. The average Bonchev–Trinajstić information content (AvgIpc) is 3.31. The average molecular weight is 377 g/mol. The Balaban J connectivity index is 1.40. The van der Waals surface area contributed by atoms with Gasteiger partial charge >= 0.3 is 5.97 Å². The third-order valence-electron chi connectivity index (χ3n) is 4.66. The van der Waals surface area contributed by atoms with Crippen molar-refractivity contribution in [2.45, 2.75) is 13.8 Å². The van der Waals surface area contributed by atoms with Gasteiger partial charge in [-0.05, 0) is 68.4 Å². The molecule has 2 aromatic carbocycles. The maximum absolute atomic E-state index is 12.3. The van der Waals surface area contributed by atoms with Crippen molar-refractivity contribution in [2.75, 3.05) is 13.4 Å². The normalized spacial score (nSPS) is 12.1. The van der Waals surface area contributed by atoms with Crippen LogP contribution in [0.15, 0.2) is 54.6 Å². The molecule has 4 rings (SSSR count). The summed E-state index contributed by atoms with van der Waals surface area (Å²) in [6.07, 6.45) is 0. The van der Waals surface area contributed by atoms with Crippen LogP contribution >= 0.6 is 0 Å². The summed E-state index contributed by atoms with van der Waals surface area (Å²) in [4.78, 5) is 24.6. The van der Waals surface area contributed by atoms with Gasteiger partial charge in [0.1, 0.15) is 0 Å². The molecule has 142 valence electrons. The number of carbonyl (C=O) groups excluding carboxylic acids is 2. The molecular weight excluding hydrogens is 358 g/mol. The topological polar surface area (TPSA) is 66.8 Å². The first-order valence-corrected chi connectivity index (χ1v) is 8.88. The first-order valence-electron chi connectivity index (χ1n) is 8.88. The summed E-state index contributed by atoms with van der Waals surface area (Å²) in [6.45, 7) is 3.85. The van der Waals surface area contributed by atoms with Crippen LogP contribution in [0.2, 0.25) is 0 Å². The summed E-state index contributed by atoms with van der Waals surface area (Å²) in [6, 6.07) is 16.1. The van der Waals surface area contributed by atoms with Crippen LogP contribution in [0.25, 0.3) is 5.69 Å². The number of aromatic nitrogens is 1. The molecule has 2 heterocycles. The van der Waals surface area contributed by atoms with E-state index >= 15 is 0 Å². The number of rotatable bonds is 5. The number of Topliss-reactive ketones (excluding diaryl/α,β-unsaturated/α-hetero) is 1. The summed E-state index contributed by atoms with van der Waals surface area (Å²) in [5, 5.41) is 0. The van der Waals surface area contributed by atoms with Crippen LogP contribution in [0.3, 0.4) is 0 Å². The van der Waals surface area contributed by atoms with Crippen LogP contribution in [0.5, 0.6) is 11.5 Å². The van der Waals surface area contributed by atoms with Crippen LogP contribution in [0.1, 0.15) is 32.1 Å². The molecule has 6 nitrogen and oxygen atoms in total. The molecule has 0 spiro atoms. The molecule has 0 atom stereocenters. The second kappa shape index (κ2) is 7.23. The molecule has 3 aromatic rings. The van der Waals surface area contributed by atoms with Crippen LogP contribution < -0.4 is 9.47 Å². The van der Waals surface area contributed by atoms with E-state index in [9.17, 15) is 9.59 Å². The maximum atomic E-state index is 12.3. The molecule has 1 aromatic heterocycles. The molecule has 6 heteroatoms. The van der Waals surface area contributed by atoms with Gasteiger partial charge in [0.25, 0.3) is 0 Å². The Labute approximate surface area is 162 Å². The second-order valence-electron chi connectivity index (χ2n) is 6.57. The first-order chi connectivity index (χ1) is 13.5. The molecule has 0 bridgehead atoms. The van der Waals surface area contributed by atoms with Crippen molar-refractivity contribution in [1.82, 2.24) is 4.57 Å². The van der Waals surface area contributed by atoms with E-state index in [1.165, 1.54) is 0 Å². The molecule has 0 aliphatic carbocycles. The zero-order valence-electron chi connectivity index (χ0n) is 15.6. The Morgan fingerprint density at radius 3 is 2.25 bits per heavy atom. The number of aryl methyl sites for hydroxylation is 2. The van der Waals surface area contributed by atoms with Gasteiger partial charge in [-0.1, -0.05) is 0 Å². The monoisotopic (exact) mass is 377 g/mol. The van der Waals surface area contributed by atoms with Gasteiger partial charge in [-0.3, -0.25) is 4.79 Å². The highest BCUT2D eigenvalue weighted by Crippen LogP contribution is 2.32. The molecule has 0 saturated carbocycles. The summed E-state index contributed by atoms with van der Waals surface area (Å²) < 4.78 is 17.7. The van der Waals surface area contributed by atoms with Crippen molar-refractivity contribution in [3.63, 3.8) is 0 Å². The fourth-order valence-corrected chi connectivity index (χ4v) is 3.19. The van der Waals surface area contributed by atoms with Crippen LogP contribution in [0.4, 0.5) is 0 Å². The Morgan fingerprint density at radius 1 is 0.893 bits per heavy atom. The molecule has 28 heavy (non-hydrogen) atoms. The molecule has 1 aliphatic heterocycles. The Kier molecular flexibility index (Phi) is 4.61. The minimum atomic E-state index is -0.540. The Morgan fingerprint density at radius 2 is 1.54 bits per heavy atom. The molecule has 0 saturated heterocycles. The lowest BCUT2D eigenvalue weighted by Gasteiger charge is -2.10. The van der Waals surface area contributed by atoms with Crippen LogP contribution in [-0.4, -0.2) is 29.7 Å². The van der Waals surface area contributed by atoms with Crippen LogP contribution in [-0.2, 0) is 4.74 Å². The summed E-state index contributed by atoms with van der Waals surface area (Å²) in [5.41, 5.74) is 3.99. The van der Waals surface area contributed by atoms with Crippen molar-refractivity contribution in [1.29, 1.82) is 0 Å². The van der Waals surface area contributed by atoms with Crippen molar-refractivity contribution in [3.05, 3.63) is 77.1 Å². The minimum Gasteiger partial charge on any atom is -0.454 e. The quantitative estimate of drug-likeness (QED) is 0.499. The lowest BCUT2D eigenvalue weighted by atomic mass is 10.1. The third-order valence-corrected chi connectivity index (χ3v) is 4.66. The van der Waals surface area contributed by atoms with Crippen molar-refractivity contribution in [2.24, 2.45) is 0 Å². The number of carbonyl (C=O) groups is 2. The van der Waals surface area contributed by atoms with Crippen LogP contribution in [0, 0.1) is 13.8 Å². The molecule has 1 aliphatic rings. The van der Waals surface area contributed by atoms with E-state index in [0.29, 0.717) is 22.6 Å². The smallest absolute Gasteiger partial charge is 0.338 e. The molecule has 0 amide bonds. The summed E-state index contributed by atoms with van der Waals surface area (Å²) in [5.74, 6) is 0.272. The Hall–Kier alpha value is -3.54. The fourth-order valence-electron chi connectivity index (χ4n) is 3.19. The number of benzene rings is 2. The van der Waals surface area contributed by atoms with E-state index < -0.39 is 5.97 Å². The van der Waals surface area contributed by atoms with E-state index in [2.05, 4.69) is 4.57 Å². The zero-order chi connectivity index (χ0) is 19.7. The van der Waals surface area contributed by atoms with Gasteiger partial charge in [0, 0.05) is 22.6 Å². The van der Waals surface area contributed by atoms with Gasteiger partial charge < -0.3 is 18.8 Å². The van der Waals surface area contributed by atoms with Gasteiger partial charge in [0.2, 0.25) is 6.79 Å². The largest absolute Gasteiger partial charge is 0.454 e. The number of ketones is 1. The molecule has 0 N–H and O–H groups in total. The molecule has 0 radical (unpaired) electrons. The number of hydrogen-bond acceptors (Lipinski definition) is 5. The minimum absolute atomic E-state index is 0.139. The van der Waals surface area contributed by atoms with Crippen molar-refractivity contribution >= 4 is 11.8 Å². The van der Waals surface area contributed by atoms with Gasteiger partial charge in [0.05, 0.1) is 5.56 Å². The van der Waals surface area contributed by atoms with E-state index in [0.717, 1.165) is 17.1 Å². The predicted molar refractivity (Wildman–Crippen MR) is 102 cm³/mol. The van der Waals surface area contributed by atoms with E-state index in [-0.39, 0.29) is 19.2 Å². The van der Waals surface area contributed by atoms with Gasteiger partial charge in [-0.2, -0.15) is 0 Å². The number of nitrogens with zero attached hydrogens (tertiary/aromatic N) is 1. The predicted octanol–water partition coefficient (Wildman–Crippen LogP) is 3.86. The first kappa shape index (κ1) is 17.9. The Bertz CT molecular complexity index is 1030. The highest BCUT2D eigenvalue weighted by molar-refractivity contribution is 5.99. The van der Waals surface area contributed by atoms with E-state index in [4.69, 9.17) is 14.2 Å². The van der Waals surface area contributed by atoms with Gasteiger partial charge in [-0.25, -0.2) is 4.79 Å². The number of fused-ring (bicyclic) bond motifs is 1. The van der Waals surface area contributed by atoms with Gasteiger partial charge in [-0.15, -0.1) is 0 Å². The summed E-state index contributed by atoms with van der Waals surface area (Å²) >= 11 is 0. The number of hydrogen-bond donors (Lipinski definition) is 0. The highest BCUT2D eigenvalue weighted by atomic mass is 16.7. The summed E-state index contributed by atoms with van der Waals surface area (Å²) in [7, 11) is 0. The molecular formula is C22H19NO5. The lowest BCUT2D eigenvalue weighted by molar-refractivity contribution is 0.0474. The number of ether oxygens (including phenoxy) is 3. The van der Waals surface area contributed by atoms with E-state index in [1.54, 1.807) is 30.3 Å². The van der Waals surface area contributed by atoms with Gasteiger partial charge in [0.15, 0.2) is 23.9 Å². The third kappa shape index (κ3) is 3.36. The molecule has 0 unspecified atom stereocenters. The standard InChI is InChI=1S/C22H19NO5/c1-14-3-4-15(2)23(14)18-8-5-16(6-9-18)22(25)26-12-19(24)17-7-10-20-21(11-17)28-13-27-20/h3-11H,12-13H2,1-2H3. The second-order valence-corrected chi connectivity index (χ2v) is 6.57. The van der Waals surface area contributed by atoms with Crippen molar-refractivity contribution < 1.29 is 23.8 Å². The highest BCUT2D eigenvalue weighted by Gasteiger charge is 2.17. The SMILES string of the molecule is Cc1ccc(C)n1-c1ccc(C(=O)OCC(=O)c2ccc3c(c2)OCO3)cc1. The fraction of sp³-hybridized carbons (Fsp3) is 0.182. The lowest BCUT2D eigenvalue weighted by Crippen LogP contribution is -2.14.